The van der Waals surface area contributed by atoms with Crippen molar-refractivity contribution >= 4 is 71.8 Å². The molecule has 0 saturated heterocycles. The van der Waals surface area contributed by atoms with Gasteiger partial charge in [-0.05, 0) is 36.5 Å². The minimum absolute atomic E-state index is 0.00238. The van der Waals surface area contributed by atoms with Crippen LogP contribution >= 0.6 is 0 Å². The molecule has 4 aromatic carbocycles. The third-order valence-corrected chi connectivity index (χ3v) is 11.4. The van der Waals surface area contributed by atoms with E-state index in [4.69, 9.17) is 9.97 Å². The molecule has 228 valence electrons. The number of amides is 3. The van der Waals surface area contributed by atoms with Gasteiger partial charge in [0.1, 0.15) is 0 Å². The van der Waals surface area contributed by atoms with Gasteiger partial charge in [0, 0.05) is 62.4 Å². The van der Waals surface area contributed by atoms with Crippen LogP contribution in [0.25, 0.3) is 54.1 Å². The first-order valence-electron chi connectivity index (χ1n) is 16.8. The number of fused-ring (bicyclic) bond motifs is 5. The molecule has 2 saturated carbocycles. The van der Waals surface area contributed by atoms with Gasteiger partial charge in [-0.3, -0.25) is 29.3 Å². The van der Waals surface area contributed by atoms with Crippen LogP contribution in [0.5, 0.6) is 0 Å². The van der Waals surface area contributed by atoms with Crippen LogP contribution in [0.3, 0.4) is 0 Å². The molecule has 2 aliphatic heterocycles. The second kappa shape index (κ2) is 9.42. The molecule has 0 spiro atoms. The quantitative estimate of drug-likeness (QED) is 0.125. The van der Waals surface area contributed by atoms with Gasteiger partial charge < -0.3 is 10.0 Å². The zero-order chi connectivity index (χ0) is 30.8. The van der Waals surface area contributed by atoms with Crippen molar-refractivity contribution in [3.63, 3.8) is 0 Å². The molecule has 46 heavy (non-hydrogen) atoms. The zero-order valence-electron chi connectivity index (χ0n) is 25.4. The highest BCUT2D eigenvalue weighted by atomic mass is 16.3. The van der Waals surface area contributed by atoms with E-state index in [1.165, 1.54) is 4.90 Å². The van der Waals surface area contributed by atoms with Crippen molar-refractivity contribution in [3.8, 4) is 0 Å². The second-order valence-corrected chi connectivity index (χ2v) is 13.7. The van der Waals surface area contributed by atoms with Crippen LogP contribution in [0.1, 0.15) is 107 Å². The summed E-state index contributed by atoms with van der Waals surface area (Å²) in [6.45, 7) is 0. The van der Waals surface area contributed by atoms with E-state index in [9.17, 15) is 19.5 Å². The van der Waals surface area contributed by atoms with Gasteiger partial charge in [-0.15, -0.1) is 0 Å². The summed E-state index contributed by atoms with van der Waals surface area (Å²) >= 11 is 0. The molecular weight excluding hydrogens is 576 g/mol. The van der Waals surface area contributed by atoms with E-state index in [0.717, 1.165) is 96.5 Å². The highest BCUT2D eigenvalue weighted by molar-refractivity contribution is 6.43. The molecule has 0 bridgehead atoms. The SMILES string of the molecule is O=C1c2cnc3c4ccc5c6c(cnc(c64)c4c6ccccc6c(c2c34)C(=O)N1C1CCCCC1)C(=O)N(C1CCCCC1)C5O. The molecule has 4 heterocycles. The van der Waals surface area contributed by atoms with Crippen LogP contribution in [0, 0.1) is 0 Å². The molecule has 1 atom stereocenters. The maximum atomic E-state index is 14.5. The van der Waals surface area contributed by atoms with Gasteiger partial charge in [-0.2, -0.15) is 0 Å². The molecule has 2 aliphatic carbocycles. The average molecular weight is 609 g/mol. The summed E-state index contributed by atoms with van der Waals surface area (Å²) in [6.07, 6.45) is 12.1. The fourth-order valence-electron chi connectivity index (χ4n) is 9.35. The second-order valence-electron chi connectivity index (χ2n) is 13.7. The van der Waals surface area contributed by atoms with Crippen LogP contribution in [-0.4, -0.2) is 54.7 Å². The molecule has 0 radical (unpaired) electrons. The standard InChI is InChI=1S/C38H32N4O4/c43-35-24-16-15-23-30-27(24)25(36(44)41(35)19-9-3-1-4-10-19)17-40-34(30)29-21-13-7-8-14-22(21)31-28-26(18-39-33(23)32(28)29)37(45)42(38(31)46)20-11-5-2-6-12-20/h7-8,13-20,35,43H,1-6,9-12H2. The number of nitrogens with zero attached hydrogens (tertiary/aromatic N) is 4. The normalized spacial score (nSPS) is 21.2. The van der Waals surface area contributed by atoms with Gasteiger partial charge in [0.2, 0.25) is 0 Å². The molecule has 1 unspecified atom stereocenters. The summed E-state index contributed by atoms with van der Waals surface area (Å²) < 4.78 is 0. The lowest BCUT2D eigenvalue weighted by atomic mass is 9.82. The van der Waals surface area contributed by atoms with Crippen molar-refractivity contribution in [2.45, 2.75) is 82.5 Å². The Morgan fingerprint density at radius 1 is 0.587 bits per heavy atom. The van der Waals surface area contributed by atoms with Gasteiger partial charge in [0.05, 0.1) is 27.7 Å². The zero-order valence-corrected chi connectivity index (χ0v) is 25.4. The average Bonchev–Trinajstić information content (AvgIpc) is 3.09. The first kappa shape index (κ1) is 26.5. The third-order valence-electron chi connectivity index (χ3n) is 11.4. The molecule has 6 aromatic rings. The summed E-state index contributed by atoms with van der Waals surface area (Å²) in [5.74, 6) is -0.689. The number of hydrogen-bond donors (Lipinski definition) is 1. The molecule has 1 N–H and O–H groups in total. The van der Waals surface area contributed by atoms with Crippen molar-refractivity contribution in [2.24, 2.45) is 0 Å². The highest BCUT2D eigenvalue weighted by Crippen LogP contribution is 2.50. The molecule has 8 heteroatoms. The van der Waals surface area contributed by atoms with E-state index in [0.29, 0.717) is 44.1 Å². The van der Waals surface area contributed by atoms with Gasteiger partial charge in [0.15, 0.2) is 6.23 Å². The monoisotopic (exact) mass is 608 g/mol. The number of rotatable bonds is 2. The summed E-state index contributed by atoms with van der Waals surface area (Å²) in [5, 5.41) is 17.9. The van der Waals surface area contributed by atoms with Crippen molar-refractivity contribution in [3.05, 3.63) is 71.0 Å². The topological polar surface area (TPSA) is 104 Å². The Bertz CT molecular complexity index is 2340. The third kappa shape index (κ3) is 3.25. The number of pyridine rings is 2. The number of benzene rings is 4. The number of imide groups is 1. The molecular formula is C38H32N4O4. The van der Waals surface area contributed by atoms with E-state index in [2.05, 4.69) is 0 Å². The maximum absolute atomic E-state index is 14.5. The van der Waals surface area contributed by atoms with Gasteiger partial charge in [-0.1, -0.05) is 74.9 Å². The van der Waals surface area contributed by atoms with E-state index in [1.807, 2.05) is 36.4 Å². The van der Waals surface area contributed by atoms with E-state index < -0.39 is 6.23 Å². The summed E-state index contributed by atoms with van der Waals surface area (Å²) in [5.41, 5.74) is 3.56. The van der Waals surface area contributed by atoms with Crippen LogP contribution in [-0.2, 0) is 0 Å². The van der Waals surface area contributed by atoms with E-state index in [1.54, 1.807) is 17.3 Å². The van der Waals surface area contributed by atoms with Gasteiger partial charge >= 0.3 is 0 Å². The lowest BCUT2D eigenvalue weighted by Crippen LogP contribution is -2.48. The van der Waals surface area contributed by atoms with Crippen LogP contribution in [0.15, 0.2) is 48.8 Å². The molecule has 3 amide bonds. The molecule has 10 rings (SSSR count). The lowest BCUT2D eigenvalue weighted by Gasteiger charge is -2.41. The Hall–Kier alpha value is -4.69. The van der Waals surface area contributed by atoms with Gasteiger partial charge in [0.25, 0.3) is 17.7 Å². The predicted molar refractivity (Wildman–Crippen MR) is 176 cm³/mol. The Morgan fingerprint density at radius 3 is 1.96 bits per heavy atom. The Morgan fingerprint density at radius 2 is 1.22 bits per heavy atom. The lowest BCUT2D eigenvalue weighted by molar-refractivity contribution is -0.0228. The maximum Gasteiger partial charge on any atom is 0.263 e. The number of hydrogen-bond acceptors (Lipinski definition) is 6. The Labute approximate surface area is 264 Å². The minimum Gasteiger partial charge on any atom is -0.369 e. The van der Waals surface area contributed by atoms with Crippen molar-refractivity contribution in [2.75, 3.05) is 0 Å². The highest BCUT2D eigenvalue weighted by Gasteiger charge is 2.42. The molecule has 4 aliphatic rings. The van der Waals surface area contributed by atoms with Crippen LogP contribution in [0.4, 0.5) is 0 Å². The van der Waals surface area contributed by atoms with Crippen LogP contribution in [0.2, 0.25) is 0 Å². The van der Waals surface area contributed by atoms with Gasteiger partial charge in [-0.25, -0.2) is 0 Å². The number of carbonyl (C=O) groups is 3. The summed E-state index contributed by atoms with van der Waals surface area (Å²) in [4.78, 5) is 55.9. The minimum atomic E-state index is -1.05. The van der Waals surface area contributed by atoms with Crippen molar-refractivity contribution < 1.29 is 19.5 Å². The summed E-state index contributed by atoms with van der Waals surface area (Å²) in [7, 11) is 0. The number of carbonyl (C=O) groups excluding carboxylic acids is 3. The van der Waals surface area contributed by atoms with E-state index >= 15 is 0 Å². The Balaban J connectivity index is 1.30. The van der Waals surface area contributed by atoms with E-state index in [-0.39, 0.29) is 29.8 Å². The summed E-state index contributed by atoms with van der Waals surface area (Å²) in [6, 6.07) is 11.6. The first-order valence-corrected chi connectivity index (χ1v) is 16.8. The van der Waals surface area contributed by atoms with Crippen LogP contribution < -0.4 is 0 Å². The van der Waals surface area contributed by atoms with Crippen molar-refractivity contribution in [1.29, 1.82) is 0 Å². The number of aromatic nitrogens is 2. The molecule has 2 fully saturated rings. The molecule has 8 nitrogen and oxygen atoms in total. The first-order chi connectivity index (χ1) is 22.5. The fourth-order valence-corrected chi connectivity index (χ4v) is 9.35. The number of aliphatic hydroxyl groups excluding tert-OH is 1. The Kier molecular flexibility index (Phi) is 5.43. The smallest absolute Gasteiger partial charge is 0.263 e. The predicted octanol–water partition coefficient (Wildman–Crippen LogP) is 7.39. The fraction of sp³-hybridized carbons (Fsp3) is 0.342. The largest absolute Gasteiger partial charge is 0.369 e. The van der Waals surface area contributed by atoms with Crippen molar-refractivity contribution in [1.82, 2.24) is 19.8 Å². The molecule has 2 aromatic heterocycles. The number of aliphatic hydroxyl groups is 1.